The van der Waals surface area contributed by atoms with Crippen molar-refractivity contribution in [2.24, 2.45) is 0 Å². The molecule has 304 valence electrons. The van der Waals surface area contributed by atoms with Gasteiger partial charge < -0.3 is 8.98 Å². The molecule has 13 aromatic rings. The molecule has 0 aliphatic carbocycles. The van der Waals surface area contributed by atoms with Gasteiger partial charge >= 0.3 is 0 Å². The fourth-order valence-corrected chi connectivity index (χ4v) is 9.39. The van der Waals surface area contributed by atoms with Gasteiger partial charge in [-0.05, 0) is 70.8 Å². The lowest BCUT2D eigenvalue weighted by Gasteiger charge is -2.13. The van der Waals surface area contributed by atoms with Crippen LogP contribution < -0.4 is 0 Å². The Balaban J connectivity index is 1.06. The number of fused-ring (bicyclic) bond motifs is 8. The van der Waals surface area contributed by atoms with E-state index < -0.39 is 0 Å². The second-order valence-electron chi connectivity index (χ2n) is 16.2. The summed E-state index contributed by atoms with van der Waals surface area (Å²) < 4.78 is 11.3. The van der Waals surface area contributed by atoms with Crippen LogP contribution in [0.4, 0.5) is 0 Å². The fourth-order valence-electron chi connectivity index (χ4n) is 9.39. The van der Waals surface area contributed by atoms with Crippen molar-refractivity contribution in [2.45, 2.75) is 0 Å². The second kappa shape index (κ2) is 14.9. The molecule has 65 heavy (non-hydrogen) atoms. The van der Waals surface area contributed by atoms with Gasteiger partial charge in [0.1, 0.15) is 5.52 Å². The number of rotatable bonds is 7. The molecule has 0 unspecified atom stereocenters. The van der Waals surface area contributed by atoms with Gasteiger partial charge in [-0.2, -0.15) is 9.97 Å². The quantitative estimate of drug-likeness (QED) is 0.160. The summed E-state index contributed by atoms with van der Waals surface area (Å²) in [5.41, 5.74) is 13.6. The number of oxazole rings is 1. The standard InChI is InChI=1S/C58H36N6O/c1-4-15-37(16-5-1)39-27-31-41(32-28-39)55-60-56(48-23-14-24-49-54(48)65-57(59-49)42-33-29-40(30-34-42)38-17-6-2-7-18-38)62-58(61-55)64-51-26-13-11-22-45(51)47-36-35-46-44-21-10-12-25-50(44)63(52(46)53(47)64)43-19-8-3-9-20-43/h1-36H. The molecule has 0 aliphatic heterocycles. The Labute approximate surface area is 373 Å². The van der Waals surface area contributed by atoms with Gasteiger partial charge in [-0.3, -0.25) is 4.57 Å². The molecule has 0 saturated carbocycles. The summed E-state index contributed by atoms with van der Waals surface area (Å²) in [6.07, 6.45) is 0. The van der Waals surface area contributed by atoms with Crippen LogP contribution in [-0.2, 0) is 0 Å². The van der Waals surface area contributed by atoms with Crippen LogP contribution in [0.25, 0.3) is 123 Å². The predicted molar refractivity (Wildman–Crippen MR) is 263 cm³/mol. The lowest BCUT2D eigenvalue weighted by atomic mass is 10.0. The first-order chi connectivity index (χ1) is 32.2. The third kappa shape index (κ3) is 6.05. The van der Waals surface area contributed by atoms with Gasteiger partial charge in [0.05, 0.1) is 27.6 Å². The number of benzene rings is 9. The SMILES string of the molecule is c1ccc(-c2ccc(-c3nc(-c4cccc5nc(-c6ccc(-c7ccccc7)cc6)oc45)nc(-n4c5ccccc5c5ccc6c7ccccc7n(-c7ccccc7)c6c54)n3)cc2)cc1. The summed E-state index contributed by atoms with van der Waals surface area (Å²) in [6.45, 7) is 0. The molecule has 7 nitrogen and oxygen atoms in total. The Bertz CT molecular complexity index is 3910. The van der Waals surface area contributed by atoms with E-state index in [2.05, 4.69) is 197 Å². The number of nitrogens with zero attached hydrogens (tertiary/aromatic N) is 6. The Morgan fingerprint density at radius 2 is 0.815 bits per heavy atom. The first kappa shape index (κ1) is 36.7. The highest BCUT2D eigenvalue weighted by Gasteiger charge is 2.24. The van der Waals surface area contributed by atoms with E-state index in [0.717, 1.165) is 82.9 Å². The van der Waals surface area contributed by atoms with Crippen LogP contribution in [-0.4, -0.2) is 29.1 Å². The average molecular weight is 833 g/mol. The number of hydrogen-bond donors (Lipinski definition) is 0. The van der Waals surface area contributed by atoms with Crippen molar-refractivity contribution >= 4 is 54.7 Å². The van der Waals surface area contributed by atoms with Crippen molar-refractivity contribution in [3.8, 4) is 68.1 Å². The largest absolute Gasteiger partial charge is 0.435 e. The highest BCUT2D eigenvalue weighted by atomic mass is 16.3. The van der Waals surface area contributed by atoms with Gasteiger partial charge in [0.2, 0.25) is 11.8 Å². The molecular formula is C58H36N6O. The third-order valence-electron chi connectivity index (χ3n) is 12.5. The molecule has 0 saturated heterocycles. The van der Waals surface area contributed by atoms with E-state index in [1.54, 1.807) is 0 Å². The summed E-state index contributed by atoms with van der Waals surface area (Å²) in [5.74, 6) is 2.04. The summed E-state index contributed by atoms with van der Waals surface area (Å²) >= 11 is 0. The second-order valence-corrected chi connectivity index (χ2v) is 16.2. The van der Waals surface area contributed by atoms with Gasteiger partial charge in [0.25, 0.3) is 0 Å². The van der Waals surface area contributed by atoms with E-state index in [1.807, 2.05) is 30.3 Å². The summed E-state index contributed by atoms with van der Waals surface area (Å²) in [7, 11) is 0. The smallest absolute Gasteiger partial charge is 0.238 e. The van der Waals surface area contributed by atoms with Crippen molar-refractivity contribution < 1.29 is 4.42 Å². The van der Waals surface area contributed by atoms with E-state index >= 15 is 0 Å². The van der Waals surface area contributed by atoms with Crippen LogP contribution in [0.1, 0.15) is 0 Å². The minimum absolute atomic E-state index is 0.478. The van der Waals surface area contributed by atoms with Crippen LogP contribution in [0.3, 0.4) is 0 Å². The van der Waals surface area contributed by atoms with Crippen molar-refractivity contribution in [3.63, 3.8) is 0 Å². The zero-order chi connectivity index (χ0) is 42.8. The van der Waals surface area contributed by atoms with E-state index in [4.69, 9.17) is 24.4 Å². The number of hydrogen-bond acceptors (Lipinski definition) is 5. The Morgan fingerprint density at radius 3 is 1.45 bits per heavy atom. The van der Waals surface area contributed by atoms with Gasteiger partial charge in [0, 0.05) is 38.4 Å². The lowest BCUT2D eigenvalue weighted by Crippen LogP contribution is -2.07. The lowest BCUT2D eigenvalue weighted by molar-refractivity contribution is 0.620. The van der Waals surface area contributed by atoms with Crippen molar-refractivity contribution in [3.05, 3.63) is 218 Å². The maximum absolute atomic E-state index is 6.70. The zero-order valence-corrected chi connectivity index (χ0v) is 34.9. The van der Waals surface area contributed by atoms with Crippen molar-refractivity contribution in [1.29, 1.82) is 0 Å². The molecule has 7 heteroatoms. The molecule has 0 amide bonds. The van der Waals surface area contributed by atoms with Crippen LogP contribution >= 0.6 is 0 Å². The van der Waals surface area contributed by atoms with Crippen molar-refractivity contribution in [2.75, 3.05) is 0 Å². The van der Waals surface area contributed by atoms with Crippen LogP contribution in [0.15, 0.2) is 223 Å². The molecule has 0 spiro atoms. The molecular weight excluding hydrogens is 797 g/mol. The minimum atomic E-state index is 0.478. The van der Waals surface area contributed by atoms with Gasteiger partial charge in [0.15, 0.2) is 17.2 Å². The van der Waals surface area contributed by atoms with Crippen LogP contribution in [0.2, 0.25) is 0 Å². The minimum Gasteiger partial charge on any atom is -0.435 e. The Morgan fingerprint density at radius 1 is 0.323 bits per heavy atom. The molecule has 9 aromatic carbocycles. The highest BCUT2D eigenvalue weighted by Crippen LogP contribution is 2.42. The average Bonchev–Trinajstić information content (AvgIpc) is 4.08. The van der Waals surface area contributed by atoms with Gasteiger partial charge in [-0.25, -0.2) is 9.97 Å². The molecule has 0 fully saturated rings. The molecule has 0 atom stereocenters. The number of para-hydroxylation sites is 4. The molecule has 13 rings (SSSR count). The van der Waals surface area contributed by atoms with Gasteiger partial charge in [-0.1, -0.05) is 170 Å². The molecule has 0 bridgehead atoms. The highest BCUT2D eigenvalue weighted by molar-refractivity contribution is 6.23. The first-order valence-corrected chi connectivity index (χ1v) is 21.7. The Hall–Kier alpha value is -8.94. The van der Waals surface area contributed by atoms with Crippen molar-refractivity contribution in [1.82, 2.24) is 29.1 Å². The monoisotopic (exact) mass is 832 g/mol. The van der Waals surface area contributed by atoms with E-state index in [0.29, 0.717) is 34.6 Å². The van der Waals surface area contributed by atoms with E-state index in [9.17, 15) is 0 Å². The molecule has 4 aromatic heterocycles. The number of aromatic nitrogens is 6. The molecule has 0 N–H and O–H groups in total. The van der Waals surface area contributed by atoms with Gasteiger partial charge in [-0.15, -0.1) is 0 Å². The predicted octanol–water partition coefficient (Wildman–Crippen LogP) is 14.5. The van der Waals surface area contributed by atoms with E-state index in [1.165, 1.54) is 5.39 Å². The summed E-state index contributed by atoms with van der Waals surface area (Å²) in [5, 5.41) is 4.51. The molecule has 0 aliphatic rings. The topological polar surface area (TPSA) is 74.6 Å². The van der Waals surface area contributed by atoms with Crippen LogP contribution in [0, 0.1) is 0 Å². The fraction of sp³-hybridized carbons (Fsp3) is 0. The first-order valence-electron chi connectivity index (χ1n) is 21.7. The normalized spacial score (nSPS) is 11.7. The Kier molecular flexibility index (Phi) is 8.39. The maximum Gasteiger partial charge on any atom is 0.238 e. The third-order valence-corrected chi connectivity index (χ3v) is 12.5. The molecule has 0 radical (unpaired) electrons. The van der Waals surface area contributed by atoms with Crippen LogP contribution in [0.5, 0.6) is 0 Å². The summed E-state index contributed by atoms with van der Waals surface area (Å²) in [4.78, 5) is 21.1. The maximum atomic E-state index is 6.70. The zero-order valence-electron chi connectivity index (χ0n) is 34.9. The van der Waals surface area contributed by atoms with E-state index in [-0.39, 0.29) is 0 Å². The molecule has 4 heterocycles. The summed E-state index contributed by atoms with van der Waals surface area (Å²) in [6, 6.07) is 75.7.